The summed E-state index contributed by atoms with van der Waals surface area (Å²) in [7, 11) is 1.38. The fourth-order valence-electron chi connectivity index (χ4n) is 3.74. The molecule has 3 aromatic rings. The van der Waals surface area contributed by atoms with Crippen molar-refractivity contribution < 1.29 is 23.0 Å². The highest BCUT2D eigenvalue weighted by molar-refractivity contribution is 5.96. The van der Waals surface area contributed by atoms with Gasteiger partial charge in [-0.15, -0.1) is 0 Å². The van der Waals surface area contributed by atoms with Gasteiger partial charge in [-0.1, -0.05) is 6.07 Å². The number of halogens is 2. The van der Waals surface area contributed by atoms with E-state index in [1.807, 2.05) is 6.07 Å². The molecule has 0 saturated carbocycles. The molecule has 1 fully saturated rings. The molecular weight excluding hydrogens is 432 g/mol. The highest BCUT2D eigenvalue weighted by Crippen LogP contribution is 2.32. The van der Waals surface area contributed by atoms with Gasteiger partial charge in [0.15, 0.2) is 0 Å². The summed E-state index contributed by atoms with van der Waals surface area (Å²) in [5.41, 5.74) is 6.97. The molecule has 0 spiro atoms. The Kier molecular flexibility index (Phi) is 6.24. The van der Waals surface area contributed by atoms with Gasteiger partial charge in [0, 0.05) is 18.7 Å². The number of hydrogen-bond donors (Lipinski definition) is 2. The predicted octanol–water partition coefficient (Wildman–Crippen LogP) is 3.18. The summed E-state index contributed by atoms with van der Waals surface area (Å²) in [6, 6.07) is 9.84. The van der Waals surface area contributed by atoms with Crippen LogP contribution in [0.5, 0.6) is 5.75 Å². The first kappa shape index (κ1) is 22.2. The minimum atomic E-state index is -0.617. The smallest absolute Gasteiger partial charge is 0.255 e. The number of amides is 1. The summed E-state index contributed by atoms with van der Waals surface area (Å²) < 4.78 is 40.5. The second kappa shape index (κ2) is 9.26. The highest BCUT2D eigenvalue weighted by atomic mass is 19.1. The average molecular weight is 453 g/mol. The zero-order valence-electron chi connectivity index (χ0n) is 17.8. The number of nitrogens with two attached hydrogens (primary N) is 1. The molecule has 1 atom stereocenters. The van der Waals surface area contributed by atoms with Crippen LogP contribution in [-0.2, 0) is 11.3 Å². The van der Waals surface area contributed by atoms with Gasteiger partial charge in [-0.05, 0) is 42.3 Å². The van der Waals surface area contributed by atoms with Gasteiger partial charge in [0.05, 0.1) is 25.3 Å². The van der Waals surface area contributed by atoms with Gasteiger partial charge in [0.25, 0.3) is 5.91 Å². The van der Waals surface area contributed by atoms with Crippen LogP contribution in [0, 0.1) is 23.0 Å². The number of methoxy groups -OCH3 is 1. The Morgan fingerprint density at radius 3 is 2.85 bits per heavy atom. The van der Waals surface area contributed by atoms with Gasteiger partial charge in [0.1, 0.15) is 40.5 Å². The van der Waals surface area contributed by atoms with E-state index in [9.17, 15) is 18.8 Å². The van der Waals surface area contributed by atoms with Crippen LogP contribution < -0.4 is 15.8 Å². The first-order chi connectivity index (χ1) is 15.9. The van der Waals surface area contributed by atoms with E-state index in [4.69, 9.17) is 15.2 Å². The fourth-order valence-corrected chi connectivity index (χ4v) is 3.74. The normalized spacial score (nSPS) is 15.3. The van der Waals surface area contributed by atoms with Crippen LogP contribution in [0.4, 0.5) is 14.6 Å². The number of rotatable bonds is 6. The van der Waals surface area contributed by atoms with Crippen LogP contribution in [-0.4, -0.2) is 36.0 Å². The third-order valence-electron chi connectivity index (χ3n) is 5.46. The number of aromatic nitrogens is 2. The van der Waals surface area contributed by atoms with Crippen molar-refractivity contribution in [2.75, 3.05) is 26.1 Å². The Bertz CT molecular complexity index is 1250. The van der Waals surface area contributed by atoms with Crippen molar-refractivity contribution in [1.82, 2.24) is 15.1 Å². The SMILES string of the molecule is COc1ccc(F)cc1C(=O)NCc1ccc(-c2nn(C3CCOC3)c(N)c2C#N)c(F)c1. The molecule has 2 aromatic carbocycles. The quantitative estimate of drug-likeness (QED) is 0.592. The molecule has 10 heteroatoms. The molecule has 1 amide bonds. The van der Waals surface area contributed by atoms with Crippen molar-refractivity contribution in [2.24, 2.45) is 0 Å². The fraction of sp³-hybridized carbons (Fsp3) is 0.261. The third-order valence-corrected chi connectivity index (χ3v) is 5.46. The molecule has 33 heavy (non-hydrogen) atoms. The second-order valence-electron chi connectivity index (χ2n) is 7.52. The summed E-state index contributed by atoms with van der Waals surface area (Å²) in [5.74, 6) is -1.36. The van der Waals surface area contributed by atoms with Gasteiger partial charge in [-0.3, -0.25) is 4.79 Å². The van der Waals surface area contributed by atoms with Crippen LogP contribution in [0.2, 0.25) is 0 Å². The summed E-state index contributed by atoms with van der Waals surface area (Å²) in [6.45, 7) is 0.988. The van der Waals surface area contributed by atoms with E-state index < -0.39 is 17.5 Å². The van der Waals surface area contributed by atoms with Crippen molar-refractivity contribution in [3.8, 4) is 23.1 Å². The summed E-state index contributed by atoms with van der Waals surface area (Å²) in [6.07, 6.45) is 0.702. The second-order valence-corrected chi connectivity index (χ2v) is 7.52. The van der Waals surface area contributed by atoms with E-state index in [1.165, 1.54) is 36.1 Å². The first-order valence-corrected chi connectivity index (χ1v) is 10.2. The Labute approximate surface area is 188 Å². The van der Waals surface area contributed by atoms with E-state index in [1.54, 1.807) is 6.07 Å². The molecule has 1 saturated heterocycles. The van der Waals surface area contributed by atoms with E-state index >= 15 is 0 Å². The van der Waals surface area contributed by atoms with Crippen molar-refractivity contribution in [1.29, 1.82) is 5.26 Å². The summed E-state index contributed by atoms with van der Waals surface area (Å²) >= 11 is 0. The maximum atomic E-state index is 15.0. The first-order valence-electron chi connectivity index (χ1n) is 10.2. The topological polar surface area (TPSA) is 115 Å². The number of nitrogens with one attached hydrogen (secondary N) is 1. The molecule has 2 heterocycles. The molecule has 0 aliphatic carbocycles. The summed E-state index contributed by atoms with van der Waals surface area (Å²) in [4.78, 5) is 12.4. The highest BCUT2D eigenvalue weighted by Gasteiger charge is 2.26. The number of anilines is 1. The Balaban J connectivity index is 1.55. The van der Waals surface area contributed by atoms with Crippen LogP contribution in [0.15, 0.2) is 36.4 Å². The Morgan fingerprint density at radius 1 is 1.36 bits per heavy atom. The molecule has 3 N–H and O–H groups in total. The summed E-state index contributed by atoms with van der Waals surface area (Å²) in [5, 5.41) is 16.6. The number of carbonyl (C=O) groups is 1. The number of hydrogen-bond acceptors (Lipinski definition) is 6. The number of ether oxygens (including phenoxy) is 2. The average Bonchev–Trinajstić information content (AvgIpc) is 3.45. The lowest BCUT2D eigenvalue weighted by atomic mass is 10.0. The van der Waals surface area contributed by atoms with Crippen LogP contribution >= 0.6 is 0 Å². The Hall–Kier alpha value is -3.97. The maximum Gasteiger partial charge on any atom is 0.255 e. The molecule has 0 bridgehead atoms. The van der Waals surface area contributed by atoms with Crippen molar-refractivity contribution >= 4 is 11.7 Å². The zero-order chi connectivity index (χ0) is 23.5. The van der Waals surface area contributed by atoms with Crippen LogP contribution in [0.1, 0.15) is 33.9 Å². The minimum absolute atomic E-state index is 0.00317. The predicted molar refractivity (Wildman–Crippen MR) is 115 cm³/mol. The molecule has 1 aromatic heterocycles. The van der Waals surface area contributed by atoms with E-state index in [0.717, 1.165) is 6.07 Å². The maximum absolute atomic E-state index is 15.0. The van der Waals surface area contributed by atoms with Crippen molar-refractivity contribution in [3.05, 3.63) is 64.7 Å². The number of nitrogens with zero attached hydrogens (tertiary/aromatic N) is 3. The monoisotopic (exact) mass is 453 g/mol. The standard InChI is InChI=1S/C23H21F2N5O3/c1-32-20-5-3-14(24)9-17(20)23(31)28-11-13-2-4-16(19(25)8-13)21-18(10-26)22(27)30(29-21)15-6-7-33-12-15/h2-5,8-9,15H,6-7,11-12,27H2,1H3,(H,28,31). The van der Waals surface area contributed by atoms with E-state index in [-0.39, 0.29) is 46.5 Å². The van der Waals surface area contributed by atoms with Gasteiger partial charge < -0.3 is 20.5 Å². The van der Waals surface area contributed by atoms with Crippen LogP contribution in [0.3, 0.4) is 0 Å². The van der Waals surface area contributed by atoms with Crippen LogP contribution in [0.25, 0.3) is 11.3 Å². The minimum Gasteiger partial charge on any atom is -0.496 e. The van der Waals surface area contributed by atoms with Gasteiger partial charge in [-0.2, -0.15) is 10.4 Å². The molecule has 1 aliphatic rings. The largest absolute Gasteiger partial charge is 0.496 e. The lowest BCUT2D eigenvalue weighted by molar-refractivity contribution is 0.0947. The molecule has 1 aliphatic heterocycles. The number of nitrogen functional groups attached to an aromatic ring is 1. The number of nitriles is 1. The van der Waals surface area contributed by atoms with E-state index in [0.29, 0.717) is 25.2 Å². The molecular formula is C23H21F2N5O3. The Morgan fingerprint density at radius 2 is 2.18 bits per heavy atom. The van der Waals surface area contributed by atoms with Crippen molar-refractivity contribution in [3.63, 3.8) is 0 Å². The molecule has 1 unspecified atom stereocenters. The molecule has 8 nitrogen and oxygen atoms in total. The molecule has 4 rings (SSSR count). The van der Waals surface area contributed by atoms with E-state index in [2.05, 4.69) is 10.4 Å². The molecule has 0 radical (unpaired) electrons. The molecule has 170 valence electrons. The number of carbonyl (C=O) groups excluding carboxylic acids is 1. The van der Waals surface area contributed by atoms with Gasteiger partial charge >= 0.3 is 0 Å². The van der Waals surface area contributed by atoms with Gasteiger partial charge in [-0.25, -0.2) is 13.5 Å². The lowest BCUT2D eigenvalue weighted by Gasteiger charge is -2.10. The van der Waals surface area contributed by atoms with Gasteiger partial charge in [0.2, 0.25) is 0 Å². The number of benzene rings is 2. The lowest BCUT2D eigenvalue weighted by Crippen LogP contribution is -2.23. The third kappa shape index (κ3) is 4.36. The zero-order valence-corrected chi connectivity index (χ0v) is 17.8. The van der Waals surface area contributed by atoms with Crippen molar-refractivity contribution in [2.45, 2.75) is 19.0 Å².